The van der Waals surface area contributed by atoms with Crippen LogP contribution < -0.4 is 14.8 Å². The molecule has 1 N–H and O–H groups in total. The monoisotopic (exact) mass is 343 g/mol. The van der Waals surface area contributed by atoms with Crippen LogP contribution >= 0.6 is 11.8 Å². The number of carbonyl (C=O) groups is 1. The lowest BCUT2D eigenvalue weighted by atomic mass is 10.1. The SMILES string of the molecule is COc1cccc(OC)c1C(=O)NCc1ccc2c(c1)CCCS2. The van der Waals surface area contributed by atoms with E-state index < -0.39 is 0 Å². The second kappa shape index (κ2) is 7.62. The summed E-state index contributed by atoms with van der Waals surface area (Å²) in [5.74, 6) is 2.01. The fourth-order valence-corrected chi connectivity index (χ4v) is 3.89. The molecule has 0 unspecified atom stereocenters. The van der Waals surface area contributed by atoms with Crippen LogP contribution in [-0.2, 0) is 13.0 Å². The number of benzene rings is 2. The molecular formula is C19H21NO3S. The Bertz CT molecular complexity index is 723. The van der Waals surface area contributed by atoms with Crippen LogP contribution in [0.1, 0.15) is 27.9 Å². The number of aryl methyl sites for hydroxylation is 1. The Morgan fingerprint density at radius 1 is 1.17 bits per heavy atom. The van der Waals surface area contributed by atoms with Crippen molar-refractivity contribution < 1.29 is 14.3 Å². The Morgan fingerprint density at radius 3 is 2.62 bits per heavy atom. The maximum atomic E-state index is 12.6. The number of rotatable bonds is 5. The average molecular weight is 343 g/mol. The van der Waals surface area contributed by atoms with E-state index >= 15 is 0 Å². The lowest BCUT2D eigenvalue weighted by Crippen LogP contribution is -2.24. The Labute approximate surface area is 146 Å². The fourth-order valence-electron chi connectivity index (χ4n) is 2.87. The van der Waals surface area contributed by atoms with Crippen LogP contribution in [0.2, 0.25) is 0 Å². The van der Waals surface area contributed by atoms with Crippen molar-refractivity contribution in [1.82, 2.24) is 5.32 Å². The van der Waals surface area contributed by atoms with Gasteiger partial charge >= 0.3 is 0 Å². The number of hydrogen-bond acceptors (Lipinski definition) is 4. The third-order valence-electron chi connectivity index (χ3n) is 4.08. The first-order valence-electron chi connectivity index (χ1n) is 7.96. The van der Waals surface area contributed by atoms with Crippen molar-refractivity contribution in [2.24, 2.45) is 0 Å². The van der Waals surface area contributed by atoms with Gasteiger partial charge in [-0.25, -0.2) is 0 Å². The van der Waals surface area contributed by atoms with Crippen molar-refractivity contribution in [2.45, 2.75) is 24.3 Å². The van der Waals surface area contributed by atoms with Gasteiger partial charge in [0.1, 0.15) is 17.1 Å². The Morgan fingerprint density at radius 2 is 1.92 bits per heavy atom. The minimum atomic E-state index is -0.198. The minimum absolute atomic E-state index is 0.198. The maximum absolute atomic E-state index is 12.6. The standard InChI is InChI=1S/C19H21NO3S/c1-22-15-6-3-7-16(23-2)18(15)19(21)20-12-13-8-9-17-14(11-13)5-4-10-24-17/h3,6-9,11H,4-5,10,12H2,1-2H3,(H,20,21). The predicted molar refractivity (Wildman–Crippen MR) is 96.2 cm³/mol. The molecule has 1 aliphatic rings. The molecule has 1 aliphatic heterocycles. The highest BCUT2D eigenvalue weighted by Crippen LogP contribution is 2.31. The molecule has 0 aromatic heterocycles. The number of nitrogens with one attached hydrogen (secondary N) is 1. The van der Waals surface area contributed by atoms with Gasteiger partial charge in [-0.3, -0.25) is 4.79 Å². The first-order valence-corrected chi connectivity index (χ1v) is 8.95. The van der Waals surface area contributed by atoms with Crippen molar-refractivity contribution in [3.63, 3.8) is 0 Å². The predicted octanol–water partition coefficient (Wildman–Crippen LogP) is 3.67. The van der Waals surface area contributed by atoms with Crippen LogP contribution in [0, 0.1) is 0 Å². The normalized spacial score (nSPS) is 13.1. The van der Waals surface area contributed by atoms with Crippen LogP contribution in [0.5, 0.6) is 11.5 Å². The molecule has 24 heavy (non-hydrogen) atoms. The smallest absolute Gasteiger partial charge is 0.259 e. The number of fused-ring (bicyclic) bond motifs is 1. The van der Waals surface area contributed by atoms with Gasteiger partial charge in [0, 0.05) is 11.4 Å². The summed E-state index contributed by atoms with van der Waals surface area (Å²) in [4.78, 5) is 14.0. The molecule has 0 atom stereocenters. The van der Waals surface area contributed by atoms with Gasteiger partial charge in [-0.2, -0.15) is 0 Å². The fraction of sp³-hybridized carbons (Fsp3) is 0.316. The highest BCUT2D eigenvalue weighted by Gasteiger charge is 2.18. The van der Waals surface area contributed by atoms with E-state index in [0.29, 0.717) is 23.6 Å². The largest absolute Gasteiger partial charge is 0.496 e. The van der Waals surface area contributed by atoms with Crippen LogP contribution in [0.15, 0.2) is 41.3 Å². The zero-order valence-electron chi connectivity index (χ0n) is 13.9. The number of carbonyl (C=O) groups excluding carboxylic acids is 1. The van der Waals surface area contributed by atoms with Crippen molar-refractivity contribution in [3.05, 3.63) is 53.1 Å². The van der Waals surface area contributed by atoms with Gasteiger partial charge in [-0.15, -0.1) is 11.8 Å². The van der Waals surface area contributed by atoms with Crippen LogP contribution in [0.25, 0.3) is 0 Å². The minimum Gasteiger partial charge on any atom is -0.496 e. The number of thioether (sulfide) groups is 1. The molecule has 0 saturated heterocycles. The molecule has 0 bridgehead atoms. The first-order chi connectivity index (χ1) is 11.7. The van der Waals surface area contributed by atoms with Crippen molar-refractivity contribution in [1.29, 1.82) is 0 Å². The van der Waals surface area contributed by atoms with E-state index in [1.54, 1.807) is 32.4 Å². The third kappa shape index (κ3) is 3.51. The summed E-state index contributed by atoms with van der Waals surface area (Å²) in [5.41, 5.74) is 2.92. The van der Waals surface area contributed by atoms with E-state index in [-0.39, 0.29) is 5.91 Å². The molecular weight excluding hydrogens is 322 g/mol. The zero-order valence-corrected chi connectivity index (χ0v) is 14.7. The molecule has 5 heteroatoms. The molecule has 3 rings (SSSR count). The third-order valence-corrected chi connectivity index (χ3v) is 5.28. The van der Waals surface area contributed by atoms with E-state index in [4.69, 9.17) is 9.47 Å². The van der Waals surface area contributed by atoms with Crippen molar-refractivity contribution in [2.75, 3.05) is 20.0 Å². The summed E-state index contributed by atoms with van der Waals surface area (Å²) in [6.07, 6.45) is 2.33. The summed E-state index contributed by atoms with van der Waals surface area (Å²) in [5, 5.41) is 2.97. The van der Waals surface area contributed by atoms with E-state index in [1.165, 1.54) is 22.6 Å². The van der Waals surface area contributed by atoms with Gasteiger partial charge in [0.2, 0.25) is 0 Å². The van der Waals surface area contributed by atoms with Gasteiger partial charge in [0.05, 0.1) is 14.2 Å². The first kappa shape index (κ1) is 16.7. The lowest BCUT2D eigenvalue weighted by molar-refractivity contribution is 0.0944. The number of hydrogen-bond donors (Lipinski definition) is 1. The molecule has 4 nitrogen and oxygen atoms in total. The molecule has 0 fully saturated rings. The van der Waals surface area contributed by atoms with E-state index in [2.05, 4.69) is 23.5 Å². The topological polar surface area (TPSA) is 47.6 Å². The lowest BCUT2D eigenvalue weighted by Gasteiger charge is -2.17. The van der Waals surface area contributed by atoms with Gasteiger partial charge in [0.15, 0.2) is 0 Å². The summed E-state index contributed by atoms with van der Waals surface area (Å²) in [7, 11) is 3.10. The molecule has 1 heterocycles. The van der Waals surface area contributed by atoms with E-state index in [1.807, 2.05) is 11.8 Å². The molecule has 2 aromatic rings. The molecule has 0 aliphatic carbocycles. The van der Waals surface area contributed by atoms with Gasteiger partial charge < -0.3 is 14.8 Å². The number of amides is 1. The molecule has 0 spiro atoms. The average Bonchev–Trinajstić information content (AvgIpc) is 2.65. The van der Waals surface area contributed by atoms with Crippen LogP contribution in [0.3, 0.4) is 0 Å². The number of methoxy groups -OCH3 is 2. The highest BCUT2D eigenvalue weighted by molar-refractivity contribution is 7.99. The van der Waals surface area contributed by atoms with E-state index in [0.717, 1.165) is 12.0 Å². The second-order valence-corrected chi connectivity index (χ2v) is 6.75. The second-order valence-electron chi connectivity index (χ2n) is 5.61. The molecule has 1 amide bonds. The van der Waals surface area contributed by atoms with Gasteiger partial charge in [0.25, 0.3) is 5.91 Å². The quantitative estimate of drug-likeness (QED) is 0.900. The van der Waals surface area contributed by atoms with Gasteiger partial charge in [-0.05, 0) is 47.9 Å². The maximum Gasteiger partial charge on any atom is 0.259 e. The van der Waals surface area contributed by atoms with Crippen molar-refractivity contribution >= 4 is 17.7 Å². The summed E-state index contributed by atoms with van der Waals surface area (Å²) in [6, 6.07) is 11.7. The van der Waals surface area contributed by atoms with Crippen LogP contribution in [0.4, 0.5) is 0 Å². The summed E-state index contributed by atoms with van der Waals surface area (Å²) in [6.45, 7) is 0.484. The van der Waals surface area contributed by atoms with Gasteiger partial charge in [-0.1, -0.05) is 18.2 Å². The molecule has 2 aromatic carbocycles. The summed E-state index contributed by atoms with van der Waals surface area (Å²) < 4.78 is 10.6. The van der Waals surface area contributed by atoms with Crippen LogP contribution in [-0.4, -0.2) is 25.9 Å². The molecule has 0 radical (unpaired) electrons. The Balaban J connectivity index is 1.74. The molecule has 126 valence electrons. The Kier molecular flexibility index (Phi) is 5.30. The van der Waals surface area contributed by atoms with E-state index in [9.17, 15) is 4.79 Å². The molecule has 0 saturated carbocycles. The number of ether oxygens (including phenoxy) is 2. The zero-order chi connectivity index (χ0) is 16.9. The highest BCUT2D eigenvalue weighted by atomic mass is 32.2. The van der Waals surface area contributed by atoms with Crippen molar-refractivity contribution in [3.8, 4) is 11.5 Å². The summed E-state index contributed by atoms with van der Waals surface area (Å²) >= 11 is 1.91. The Hall–Kier alpha value is -2.14.